The summed E-state index contributed by atoms with van der Waals surface area (Å²) >= 11 is 0. The molecule has 1 saturated heterocycles. The Morgan fingerprint density at radius 2 is 2.16 bits per heavy atom. The van der Waals surface area contributed by atoms with Crippen LogP contribution in [-0.4, -0.2) is 48.1 Å². The molecule has 1 fully saturated rings. The molecule has 0 aromatic carbocycles. The van der Waals surface area contributed by atoms with Crippen molar-refractivity contribution in [3.05, 3.63) is 17.7 Å². The average molecular weight is 370 g/mol. The van der Waals surface area contributed by atoms with E-state index in [0.717, 1.165) is 24.8 Å². The third kappa shape index (κ3) is 4.82. The second-order valence-corrected chi connectivity index (χ2v) is 8.71. The highest BCUT2D eigenvalue weighted by Crippen LogP contribution is 2.34. The molecular weight excluding hydrogens is 344 g/mol. The number of hydrogen-bond acceptors (Lipinski definition) is 5. The van der Waals surface area contributed by atoms with E-state index >= 15 is 0 Å². The normalized spacial score (nSPS) is 19.8. The molecule has 2 heterocycles. The van der Waals surface area contributed by atoms with Crippen molar-refractivity contribution in [1.29, 1.82) is 0 Å². The molecule has 8 nitrogen and oxygen atoms in total. The Kier molecular flexibility index (Phi) is 5.58. The van der Waals surface area contributed by atoms with Crippen LogP contribution in [0, 0.1) is 12.8 Å². The lowest BCUT2D eigenvalue weighted by molar-refractivity contribution is 0.117. The number of anilines is 1. The van der Waals surface area contributed by atoms with Crippen molar-refractivity contribution in [2.24, 2.45) is 11.1 Å². The summed E-state index contributed by atoms with van der Waals surface area (Å²) in [4.78, 5) is 16.8. The number of aromatic nitrogens is 1. The molecule has 0 bridgehead atoms. The highest BCUT2D eigenvalue weighted by Gasteiger charge is 2.40. The first kappa shape index (κ1) is 19.5. The van der Waals surface area contributed by atoms with Crippen molar-refractivity contribution >= 4 is 21.9 Å². The second-order valence-electron chi connectivity index (χ2n) is 7.20. The lowest BCUT2D eigenvalue weighted by Gasteiger charge is -2.28. The van der Waals surface area contributed by atoms with Crippen LogP contribution in [0.2, 0.25) is 0 Å². The summed E-state index contributed by atoms with van der Waals surface area (Å²) in [5, 5.41) is 17.3. The van der Waals surface area contributed by atoms with Crippen molar-refractivity contribution in [3.63, 3.8) is 0 Å². The van der Waals surface area contributed by atoms with Crippen molar-refractivity contribution in [2.75, 3.05) is 18.4 Å². The van der Waals surface area contributed by atoms with Crippen LogP contribution in [0.15, 0.2) is 17.2 Å². The third-order valence-corrected chi connectivity index (χ3v) is 5.45. The molecule has 1 atom stereocenters. The van der Waals surface area contributed by atoms with Crippen LogP contribution in [0.3, 0.4) is 0 Å². The van der Waals surface area contributed by atoms with E-state index in [1.54, 1.807) is 6.07 Å². The van der Waals surface area contributed by atoms with Gasteiger partial charge in [-0.05, 0) is 57.6 Å². The van der Waals surface area contributed by atoms with Crippen LogP contribution in [-0.2, 0) is 10.0 Å². The van der Waals surface area contributed by atoms with Gasteiger partial charge in [-0.25, -0.2) is 23.3 Å². The molecular formula is C16H26N4O4S. The molecule has 0 radical (unpaired) electrons. The molecule has 9 heteroatoms. The molecule has 1 amide bonds. The third-order valence-electron chi connectivity index (χ3n) is 4.64. The number of carbonyl (C=O) groups is 1. The molecule has 0 saturated carbocycles. The quantitative estimate of drug-likeness (QED) is 0.658. The second kappa shape index (κ2) is 7.17. The molecule has 0 unspecified atom stereocenters. The van der Waals surface area contributed by atoms with Gasteiger partial charge in [0.25, 0.3) is 10.0 Å². The van der Waals surface area contributed by atoms with Gasteiger partial charge in [-0.2, -0.15) is 0 Å². The Labute approximate surface area is 148 Å². The van der Waals surface area contributed by atoms with Crippen LogP contribution < -0.4 is 10.5 Å². The number of hydrogen-bond donors (Lipinski definition) is 3. The van der Waals surface area contributed by atoms with E-state index in [1.165, 1.54) is 11.0 Å². The minimum Gasteiger partial charge on any atom is -0.465 e. The number of nitrogens with zero attached hydrogens (tertiary/aromatic N) is 2. The van der Waals surface area contributed by atoms with Crippen molar-refractivity contribution in [2.45, 2.75) is 50.6 Å². The van der Waals surface area contributed by atoms with Crippen molar-refractivity contribution < 1.29 is 18.3 Å². The molecule has 25 heavy (non-hydrogen) atoms. The van der Waals surface area contributed by atoms with Gasteiger partial charge in [0, 0.05) is 18.6 Å². The Morgan fingerprint density at radius 1 is 1.48 bits per heavy atom. The molecule has 4 N–H and O–H groups in total. The van der Waals surface area contributed by atoms with Crippen molar-refractivity contribution in [1.82, 2.24) is 9.88 Å². The van der Waals surface area contributed by atoms with Gasteiger partial charge < -0.3 is 15.3 Å². The summed E-state index contributed by atoms with van der Waals surface area (Å²) in [7, 11) is -3.83. The number of carboxylic acid groups (broad SMARTS) is 1. The molecule has 140 valence electrons. The summed E-state index contributed by atoms with van der Waals surface area (Å²) in [5.41, 5.74) is 0.512. The maximum Gasteiger partial charge on any atom is 0.407 e. The summed E-state index contributed by atoms with van der Waals surface area (Å²) in [6, 6.07) is 3.05. The maximum absolute atomic E-state index is 11.4. The van der Waals surface area contributed by atoms with Gasteiger partial charge in [0.15, 0.2) is 5.03 Å². The number of nitrogens with one attached hydrogen (secondary N) is 1. The SMILES string of the molecule is Cc1ccc(S(N)(=O)=O)nc1NCCC[C@@H]1CN(C(=O)O)C(C)(C)C1. The van der Waals surface area contributed by atoms with E-state index in [4.69, 9.17) is 5.14 Å². The highest BCUT2D eigenvalue weighted by atomic mass is 32.2. The molecule has 0 spiro atoms. The molecule has 1 aliphatic heterocycles. The molecule has 1 aromatic heterocycles. The van der Waals surface area contributed by atoms with Gasteiger partial charge in [0.2, 0.25) is 0 Å². The monoisotopic (exact) mass is 370 g/mol. The minimum atomic E-state index is -3.83. The number of amides is 1. The summed E-state index contributed by atoms with van der Waals surface area (Å²) in [5.74, 6) is 0.836. The van der Waals surface area contributed by atoms with E-state index in [0.29, 0.717) is 24.8 Å². The van der Waals surface area contributed by atoms with Gasteiger partial charge in [-0.3, -0.25) is 0 Å². The lowest BCUT2D eigenvalue weighted by Crippen LogP contribution is -2.41. The van der Waals surface area contributed by atoms with Gasteiger partial charge in [0.1, 0.15) is 5.82 Å². The number of aryl methyl sites for hydroxylation is 1. The van der Waals surface area contributed by atoms with E-state index < -0.39 is 16.1 Å². The van der Waals surface area contributed by atoms with Gasteiger partial charge in [-0.1, -0.05) is 6.07 Å². The van der Waals surface area contributed by atoms with E-state index in [1.807, 2.05) is 20.8 Å². The Morgan fingerprint density at radius 3 is 2.72 bits per heavy atom. The number of nitrogens with two attached hydrogens (primary N) is 1. The fourth-order valence-corrected chi connectivity index (χ4v) is 3.84. The van der Waals surface area contributed by atoms with E-state index in [9.17, 15) is 18.3 Å². The number of likely N-dealkylation sites (tertiary alicyclic amines) is 1. The van der Waals surface area contributed by atoms with Crippen LogP contribution in [0.1, 0.15) is 38.7 Å². The Hall–Kier alpha value is -1.87. The first-order valence-corrected chi connectivity index (χ1v) is 9.80. The van der Waals surface area contributed by atoms with Gasteiger partial charge in [-0.15, -0.1) is 0 Å². The summed E-state index contributed by atoms with van der Waals surface area (Å²) < 4.78 is 22.8. The Balaban J connectivity index is 1.87. The number of primary sulfonamides is 1. The fourth-order valence-electron chi connectivity index (χ4n) is 3.36. The van der Waals surface area contributed by atoms with Crippen LogP contribution in [0.5, 0.6) is 0 Å². The molecule has 1 aliphatic rings. The lowest BCUT2D eigenvalue weighted by atomic mass is 9.93. The molecule has 2 rings (SSSR count). The predicted molar refractivity (Wildman–Crippen MR) is 95.0 cm³/mol. The smallest absolute Gasteiger partial charge is 0.407 e. The number of sulfonamides is 1. The zero-order valence-electron chi connectivity index (χ0n) is 14.8. The van der Waals surface area contributed by atoms with Gasteiger partial charge >= 0.3 is 6.09 Å². The van der Waals surface area contributed by atoms with Gasteiger partial charge in [0.05, 0.1) is 0 Å². The first-order chi connectivity index (χ1) is 11.5. The summed E-state index contributed by atoms with van der Waals surface area (Å²) in [6.45, 7) is 6.93. The van der Waals surface area contributed by atoms with E-state index in [2.05, 4.69) is 10.3 Å². The zero-order chi connectivity index (χ0) is 18.8. The first-order valence-electron chi connectivity index (χ1n) is 8.25. The number of pyridine rings is 1. The predicted octanol–water partition coefficient (Wildman–Crippen LogP) is 2.01. The van der Waals surface area contributed by atoms with Crippen LogP contribution >= 0.6 is 0 Å². The summed E-state index contributed by atoms with van der Waals surface area (Å²) in [6.07, 6.45) is 1.71. The maximum atomic E-state index is 11.4. The molecule has 1 aromatic rings. The van der Waals surface area contributed by atoms with Crippen LogP contribution in [0.4, 0.5) is 10.6 Å². The van der Waals surface area contributed by atoms with Crippen molar-refractivity contribution in [3.8, 4) is 0 Å². The highest BCUT2D eigenvalue weighted by molar-refractivity contribution is 7.89. The van der Waals surface area contributed by atoms with Crippen LogP contribution in [0.25, 0.3) is 0 Å². The topological polar surface area (TPSA) is 126 Å². The molecule has 0 aliphatic carbocycles. The largest absolute Gasteiger partial charge is 0.465 e. The van der Waals surface area contributed by atoms with E-state index in [-0.39, 0.29) is 10.6 Å². The average Bonchev–Trinajstić information content (AvgIpc) is 2.79. The number of rotatable bonds is 6. The minimum absolute atomic E-state index is 0.157. The standard InChI is InChI=1S/C16H26N4O4S/c1-11-6-7-13(25(17,23)24)19-14(11)18-8-4-5-12-9-16(2,3)20(10-12)15(21)22/h6-7,12H,4-5,8-10H2,1-3H3,(H,18,19)(H,21,22)(H2,17,23,24)/t12-/m0/s1. The zero-order valence-corrected chi connectivity index (χ0v) is 15.6. The Bertz CT molecular complexity index is 749. The fraction of sp³-hybridized carbons (Fsp3) is 0.625.